The molecule has 0 bridgehead atoms. The van der Waals surface area contributed by atoms with Gasteiger partial charge in [0.1, 0.15) is 155 Å². The van der Waals surface area contributed by atoms with E-state index in [1.807, 2.05) is 0 Å². The van der Waals surface area contributed by atoms with Crippen molar-refractivity contribution in [1.29, 1.82) is 0 Å². The average Bonchev–Trinajstić information content (AvgIpc) is 1.55. The van der Waals surface area contributed by atoms with Crippen molar-refractivity contribution in [2.24, 2.45) is 0 Å². The Labute approximate surface area is 994 Å². The molecule has 0 atom stereocenters. The van der Waals surface area contributed by atoms with E-state index in [1.54, 1.807) is 0 Å². The summed E-state index contributed by atoms with van der Waals surface area (Å²) in [5.74, 6) is 8.89. The van der Waals surface area contributed by atoms with Gasteiger partial charge in [0.05, 0.1) is 68.7 Å². The molecule has 32 heteroatoms. The van der Waals surface area contributed by atoms with Crippen LogP contribution in [0, 0.1) is 0 Å². The number of rotatable bonds is 24. The van der Waals surface area contributed by atoms with E-state index < -0.39 is 63.7 Å². The van der Waals surface area contributed by atoms with Crippen molar-refractivity contribution in [3.8, 4) is 0 Å². The van der Waals surface area contributed by atoms with Crippen LogP contribution in [0.5, 0.6) is 0 Å². The third kappa shape index (κ3) is 41.0. The van der Waals surface area contributed by atoms with Gasteiger partial charge >= 0.3 is 42.1 Å². The first-order chi connectivity index (χ1) is 70.7. The number of benzene rings is 16. The van der Waals surface area contributed by atoms with E-state index >= 15 is 0 Å². The molecule has 4 heterocycles. The number of nitrogens with one attached hydrogen (secondary N) is 2. The Kier molecular flexibility index (Phi) is 68.1. The largest absolute Gasteiger partial charge is 2.00 e. The molecule has 0 saturated carbocycles. The first-order valence-electron chi connectivity index (χ1n) is 46.6. The smallest absolute Gasteiger partial charge is 1.00 e. The summed E-state index contributed by atoms with van der Waals surface area (Å²) in [4.78, 5) is 0. The van der Waals surface area contributed by atoms with Crippen LogP contribution in [0.4, 0.5) is 0 Å². The van der Waals surface area contributed by atoms with Crippen LogP contribution in [0.15, 0.2) is 531 Å². The molecule has 4 aliphatic heterocycles. The van der Waals surface area contributed by atoms with Crippen molar-refractivity contribution in [3.05, 3.63) is 531 Å². The molecule has 16 aromatic rings. The third-order valence-electron chi connectivity index (χ3n) is 22.5. The second-order valence-corrected chi connectivity index (χ2v) is 55.3. The number of hydrogen-bond donors (Lipinski definition) is 2. The zero-order valence-corrected chi connectivity index (χ0v) is 104. The molecule has 2 N–H and O–H groups in total. The van der Waals surface area contributed by atoms with Gasteiger partial charge in [-0.25, -0.2) is 9.34 Å². The van der Waals surface area contributed by atoms with Crippen LogP contribution in [0.2, 0.25) is 0 Å². The van der Waals surface area contributed by atoms with Gasteiger partial charge in [0, 0.05) is 0 Å². The number of hydrogen-bond acceptors (Lipinski definition) is 8. The van der Waals surface area contributed by atoms with E-state index in [1.165, 1.54) is 95.0 Å². The maximum absolute atomic E-state index is 6.30. The Balaban J connectivity index is 0.000000286. The summed E-state index contributed by atoms with van der Waals surface area (Å²) in [5.41, 5.74) is 0. The first kappa shape index (κ1) is 131. The van der Waals surface area contributed by atoms with Gasteiger partial charge in [-0.1, -0.05) is 291 Å². The van der Waals surface area contributed by atoms with Crippen LogP contribution in [0.3, 0.4) is 0 Å². The van der Waals surface area contributed by atoms with Gasteiger partial charge in [0.15, 0.2) is 16.1 Å². The van der Waals surface area contributed by atoms with Crippen molar-refractivity contribution in [2.45, 2.75) is 0 Å². The zero-order chi connectivity index (χ0) is 99.9. The molecule has 0 aromatic heterocycles. The topological polar surface area (TPSA) is 67.5 Å². The predicted molar refractivity (Wildman–Crippen MR) is 650 cm³/mol. The van der Waals surface area contributed by atoms with Crippen LogP contribution in [0.1, 0.15) is 0 Å². The van der Waals surface area contributed by atoms with E-state index in [9.17, 15) is 0 Å². The average molecular weight is 2780 g/mol. The van der Waals surface area contributed by atoms with Gasteiger partial charge in [-0.15, -0.1) is 116 Å². The zero-order valence-electron chi connectivity index (χ0n) is 81.0. The van der Waals surface area contributed by atoms with E-state index in [0.717, 1.165) is 76.1 Å². The van der Waals surface area contributed by atoms with Crippen LogP contribution in [0.25, 0.3) is 0 Å². The molecule has 0 spiro atoms. The molecule has 0 radical (unpaired) electrons. The SMILES string of the molecule is C(=C1\OCCN1[PH+](c1ccccc1)c1ccccc1)/[PH+](c1ccccc1)c1ccccc1.C(=C1\OCCN1[PH+](c1ccccc1)c1ccccc1)/[PH+](c1ccccc1)c1ccccc1.ClCCl.ClCCl.ClCCl.ClCCl.ClCCl.[Cl-].[Cl-].[Cl-].[Cl-].[Pt+2].[Pt+2].c1ccc([PH+](C(=C2NCCO2)[PH+](c2ccccc2)c2ccccc2)c2ccccc2)cc1.c1ccc([PH+](C(=C2NCCO2)[PH+](c2ccccc2)c2ccccc2)c2ccccc2)cc1. The summed E-state index contributed by atoms with van der Waals surface area (Å²) in [6, 6.07) is 175. The molecule has 0 aliphatic carbocycles. The molecule has 149 heavy (non-hydrogen) atoms. The second kappa shape index (κ2) is 77.2. The third-order valence-corrected chi connectivity index (χ3v) is 46.1. The van der Waals surface area contributed by atoms with Gasteiger partial charge in [-0.3, -0.25) is 0 Å². The molecule has 0 amide bonds. The van der Waals surface area contributed by atoms with Gasteiger partial charge in [0.25, 0.3) is 33.6 Å². The van der Waals surface area contributed by atoms with E-state index in [2.05, 4.69) is 517 Å². The molecule has 780 valence electrons. The normalized spacial score (nSPS) is 12.6. The van der Waals surface area contributed by atoms with Crippen molar-refractivity contribution in [3.63, 3.8) is 0 Å². The van der Waals surface area contributed by atoms with Crippen LogP contribution < -0.4 is 145 Å². The van der Waals surface area contributed by atoms with E-state index in [-0.39, 0.29) is 118 Å². The summed E-state index contributed by atoms with van der Waals surface area (Å²) >= 11 is 47.6. The van der Waals surface area contributed by atoms with E-state index in [0.29, 0.717) is 0 Å². The molecule has 4 saturated heterocycles. The summed E-state index contributed by atoms with van der Waals surface area (Å²) in [6.07, 6.45) is 0. The summed E-state index contributed by atoms with van der Waals surface area (Å²) in [5, 5.41) is 33.2. The number of alkyl halides is 10. The monoisotopic (exact) mass is 2770 g/mol. The van der Waals surface area contributed by atoms with Crippen LogP contribution in [-0.2, 0) is 61.1 Å². The molecule has 4 fully saturated rings. The molecule has 20 rings (SSSR count). The van der Waals surface area contributed by atoms with Crippen molar-refractivity contribution in [1.82, 2.24) is 20.0 Å². The maximum Gasteiger partial charge on any atom is 2.00 e. The fourth-order valence-corrected chi connectivity index (χ4v) is 41.6. The summed E-state index contributed by atoms with van der Waals surface area (Å²) in [7, 11) is -9.71. The van der Waals surface area contributed by atoms with Gasteiger partial charge in [0.2, 0.25) is 0 Å². The fourth-order valence-electron chi connectivity index (χ4n) is 16.7. The number of nitrogens with zero attached hydrogens (tertiary/aromatic N) is 2. The standard InChI is InChI=1S/4C28H25NOP2.5CH2Cl2.4ClH.2Pt/c2*1-5-13-24(14-6-1)31(25-15-7-2-8-16-25)23-28-29(21-22-30-28)32(26-17-9-3-10-18-26)27-19-11-4-12-20-27;2*1-5-13-23(14-6-1)31(24-15-7-2-8-16-24)28(27-29-21-22-30-27)32(25-17-9-3-10-18-25)26-19-11-4-12-20-26;5*2-1-3;;;;;;/h2*1-20,23H,21-22H2;2*1-20,29H,21-22H2;5*1H2;4*1H;;/q;;;;;;;;;;;;;2*+2/p+4/b2*28-23+;;;;;;;;;;;;;. The molecule has 4 aliphatic rings. The van der Waals surface area contributed by atoms with Gasteiger partial charge in [-0.2, -0.15) is 0 Å². The maximum atomic E-state index is 6.30. The molecule has 16 aromatic carbocycles. The second-order valence-electron chi connectivity index (χ2n) is 31.3. The first-order valence-corrected chi connectivity index (χ1v) is 64.0. The van der Waals surface area contributed by atoms with Crippen LogP contribution >= 0.6 is 180 Å². The Morgan fingerprint density at radius 1 is 0.208 bits per heavy atom. The minimum Gasteiger partial charge on any atom is -1.00 e. The van der Waals surface area contributed by atoms with Crippen LogP contribution in [-0.4, -0.2) is 88.6 Å². The van der Waals surface area contributed by atoms with Crippen molar-refractivity contribution in [2.75, 3.05) is 79.3 Å². The van der Waals surface area contributed by atoms with Gasteiger partial charge < -0.3 is 79.2 Å². The van der Waals surface area contributed by atoms with Crippen molar-refractivity contribution < 1.29 is 111 Å². The predicted octanol–water partition coefficient (Wildman–Crippen LogP) is 13.6. The molecule has 0 unspecified atom stereocenters. The minimum atomic E-state index is -1.28. The minimum absolute atomic E-state index is 0. The Morgan fingerprint density at radius 2 is 0.349 bits per heavy atom. The fraction of sp³-hybridized carbons (Fsp3) is 0.111. The Bertz CT molecular complexity index is 5450. The van der Waals surface area contributed by atoms with Gasteiger partial charge in [-0.05, 0) is 194 Å². The summed E-state index contributed by atoms with van der Waals surface area (Å²) in [6.45, 7) is 6.46. The molecular weight excluding hydrogens is 2660 g/mol. The summed E-state index contributed by atoms with van der Waals surface area (Å²) < 4.78 is 30.2. The quantitative estimate of drug-likeness (QED) is 0.0458. The molecular formula is C117H118Cl14N4O4P8Pt2+8. The Morgan fingerprint density at radius 3 is 0.490 bits per heavy atom. The number of ether oxygens (including phenoxy) is 4. The number of halogens is 14. The molecule has 8 nitrogen and oxygen atoms in total. The Hall–Kier alpha value is -6.24. The van der Waals surface area contributed by atoms with Crippen molar-refractivity contribution >= 4 is 265 Å². The van der Waals surface area contributed by atoms with E-state index in [4.69, 9.17) is 135 Å².